The molecule has 0 spiro atoms. The van der Waals surface area contributed by atoms with E-state index in [1.807, 2.05) is 0 Å². The van der Waals surface area contributed by atoms with Crippen LogP contribution in [-0.4, -0.2) is 16.7 Å². The van der Waals surface area contributed by atoms with E-state index >= 15 is 0 Å². The Kier molecular flexibility index (Phi) is 3.22. The maximum atomic E-state index is 8.42. The Morgan fingerprint density at radius 3 is 3.00 bits per heavy atom. The normalized spacial score (nSPS) is 25.2. The highest BCUT2D eigenvalue weighted by Gasteiger charge is 2.26. The van der Waals surface area contributed by atoms with E-state index in [1.54, 1.807) is 11.3 Å². The molecule has 2 heterocycles. The molecule has 2 unspecified atom stereocenters. The van der Waals surface area contributed by atoms with Crippen molar-refractivity contribution in [1.29, 1.82) is 5.41 Å². The van der Waals surface area contributed by atoms with E-state index in [0.717, 1.165) is 24.1 Å². The van der Waals surface area contributed by atoms with Gasteiger partial charge in [0.2, 0.25) is 0 Å². The maximum absolute atomic E-state index is 8.42. The molecule has 0 amide bonds. The summed E-state index contributed by atoms with van der Waals surface area (Å²) in [6.07, 6.45) is 5.80. The fraction of sp³-hybridized carbons (Fsp3) is 0.500. The van der Waals surface area contributed by atoms with Crippen molar-refractivity contribution in [2.75, 3.05) is 0 Å². The van der Waals surface area contributed by atoms with Crippen LogP contribution in [0.1, 0.15) is 37.8 Å². The number of rotatable bonds is 2. The third kappa shape index (κ3) is 2.10. The molecule has 1 fully saturated rings. The van der Waals surface area contributed by atoms with Crippen LogP contribution in [0.25, 0.3) is 10.2 Å². The third-order valence-corrected chi connectivity index (χ3v) is 4.83. The molecule has 2 aromatic heterocycles. The van der Waals surface area contributed by atoms with Crippen LogP contribution in [0.3, 0.4) is 0 Å². The molecular formula is C14H19N3S. The fourth-order valence-electron chi connectivity index (χ4n) is 2.89. The van der Waals surface area contributed by atoms with Gasteiger partial charge in [0.25, 0.3) is 0 Å². The molecule has 0 bridgehead atoms. The van der Waals surface area contributed by atoms with Crippen molar-refractivity contribution in [3.05, 3.63) is 23.2 Å². The SMILES string of the molecule is N=C(c1cc2sccc2[nH]1)C1CCCCCC1N. The van der Waals surface area contributed by atoms with Crippen molar-refractivity contribution in [3.63, 3.8) is 0 Å². The van der Waals surface area contributed by atoms with Gasteiger partial charge < -0.3 is 16.1 Å². The average Bonchev–Trinajstić information content (AvgIpc) is 2.87. The van der Waals surface area contributed by atoms with Gasteiger partial charge in [-0.3, -0.25) is 0 Å². The van der Waals surface area contributed by atoms with Crippen LogP contribution < -0.4 is 5.73 Å². The summed E-state index contributed by atoms with van der Waals surface area (Å²) in [6.45, 7) is 0. The first-order valence-corrected chi connectivity index (χ1v) is 7.54. The van der Waals surface area contributed by atoms with Crippen LogP contribution in [-0.2, 0) is 0 Å². The van der Waals surface area contributed by atoms with Crippen molar-refractivity contribution in [2.45, 2.75) is 38.1 Å². The maximum Gasteiger partial charge on any atom is 0.0614 e. The molecule has 2 aromatic rings. The summed E-state index contributed by atoms with van der Waals surface area (Å²) in [5.74, 6) is 0.222. The minimum Gasteiger partial charge on any atom is -0.353 e. The summed E-state index contributed by atoms with van der Waals surface area (Å²) in [7, 11) is 0. The molecule has 1 aliphatic rings. The molecule has 2 atom stereocenters. The molecule has 3 nitrogen and oxygen atoms in total. The van der Waals surface area contributed by atoms with Crippen molar-refractivity contribution < 1.29 is 0 Å². The van der Waals surface area contributed by atoms with Gasteiger partial charge in [0.1, 0.15) is 0 Å². The molecule has 1 saturated carbocycles. The quantitative estimate of drug-likeness (QED) is 0.562. The number of hydrogen-bond donors (Lipinski definition) is 3. The molecule has 96 valence electrons. The van der Waals surface area contributed by atoms with Crippen LogP contribution in [0.4, 0.5) is 0 Å². The largest absolute Gasteiger partial charge is 0.353 e. The van der Waals surface area contributed by atoms with Crippen LogP contribution >= 0.6 is 11.3 Å². The first-order chi connectivity index (χ1) is 8.75. The summed E-state index contributed by atoms with van der Waals surface area (Å²) in [6, 6.07) is 4.32. The molecule has 0 saturated heterocycles. The lowest BCUT2D eigenvalue weighted by Crippen LogP contribution is -2.34. The predicted octanol–water partition coefficient (Wildman–Crippen LogP) is 3.50. The monoisotopic (exact) mass is 261 g/mol. The summed E-state index contributed by atoms with van der Waals surface area (Å²) in [5, 5.41) is 10.5. The van der Waals surface area contributed by atoms with Crippen LogP contribution in [0.15, 0.2) is 17.5 Å². The summed E-state index contributed by atoms with van der Waals surface area (Å²) in [4.78, 5) is 3.34. The van der Waals surface area contributed by atoms with E-state index in [1.165, 1.54) is 24.0 Å². The second kappa shape index (κ2) is 4.86. The van der Waals surface area contributed by atoms with Crippen molar-refractivity contribution in [3.8, 4) is 0 Å². The van der Waals surface area contributed by atoms with Gasteiger partial charge in [0, 0.05) is 12.0 Å². The molecule has 18 heavy (non-hydrogen) atoms. The second-order valence-corrected chi connectivity index (χ2v) is 6.15. The Hall–Kier alpha value is -1.13. The summed E-state index contributed by atoms with van der Waals surface area (Å²) >= 11 is 1.72. The molecule has 0 aliphatic heterocycles. The fourth-order valence-corrected chi connectivity index (χ4v) is 3.67. The number of hydrogen-bond acceptors (Lipinski definition) is 3. The minimum absolute atomic E-state index is 0.154. The summed E-state index contributed by atoms with van der Waals surface area (Å²) < 4.78 is 1.23. The van der Waals surface area contributed by atoms with Crippen molar-refractivity contribution in [1.82, 2.24) is 4.98 Å². The van der Waals surface area contributed by atoms with E-state index in [9.17, 15) is 0 Å². The van der Waals surface area contributed by atoms with Crippen LogP contribution in [0, 0.1) is 11.3 Å². The van der Waals surface area contributed by atoms with Gasteiger partial charge in [-0.2, -0.15) is 0 Å². The van der Waals surface area contributed by atoms with Gasteiger partial charge >= 0.3 is 0 Å². The van der Waals surface area contributed by atoms with E-state index in [2.05, 4.69) is 22.5 Å². The van der Waals surface area contributed by atoms with Crippen molar-refractivity contribution >= 4 is 27.3 Å². The topological polar surface area (TPSA) is 65.7 Å². The number of nitrogens with two attached hydrogens (primary N) is 1. The number of thiophene rings is 1. The molecule has 4 heteroatoms. The smallest absolute Gasteiger partial charge is 0.0614 e. The molecular weight excluding hydrogens is 242 g/mol. The zero-order valence-electron chi connectivity index (χ0n) is 10.4. The molecule has 4 N–H and O–H groups in total. The van der Waals surface area contributed by atoms with Gasteiger partial charge in [-0.25, -0.2) is 0 Å². The average molecular weight is 261 g/mol. The molecule has 3 rings (SSSR count). The first-order valence-electron chi connectivity index (χ1n) is 6.66. The number of fused-ring (bicyclic) bond motifs is 1. The van der Waals surface area contributed by atoms with E-state index in [0.29, 0.717) is 5.71 Å². The Morgan fingerprint density at radius 2 is 2.17 bits per heavy atom. The Bertz CT molecular complexity index is 526. The van der Waals surface area contributed by atoms with E-state index < -0.39 is 0 Å². The van der Waals surface area contributed by atoms with Crippen molar-refractivity contribution in [2.24, 2.45) is 11.7 Å². The molecule has 1 aliphatic carbocycles. The lowest BCUT2D eigenvalue weighted by molar-refractivity contribution is 0.500. The molecule has 0 aromatic carbocycles. The Balaban J connectivity index is 1.86. The van der Waals surface area contributed by atoms with Gasteiger partial charge in [-0.05, 0) is 30.4 Å². The first kappa shape index (κ1) is 11.9. The zero-order chi connectivity index (χ0) is 12.5. The lowest BCUT2D eigenvalue weighted by Gasteiger charge is -2.21. The number of aromatic amines is 1. The van der Waals surface area contributed by atoms with Gasteiger partial charge in [0.05, 0.1) is 21.6 Å². The van der Waals surface area contributed by atoms with Crippen LogP contribution in [0.2, 0.25) is 0 Å². The third-order valence-electron chi connectivity index (χ3n) is 3.97. The number of aromatic nitrogens is 1. The predicted molar refractivity (Wildman–Crippen MR) is 77.6 cm³/mol. The number of nitrogens with one attached hydrogen (secondary N) is 2. The molecule has 0 radical (unpaired) electrons. The van der Waals surface area contributed by atoms with Gasteiger partial charge in [-0.15, -0.1) is 11.3 Å². The van der Waals surface area contributed by atoms with Crippen LogP contribution in [0.5, 0.6) is 0 Å². The Morgan fingerprint density at radius 1 is 1.33 bits per heavy atom. The lowest BCUT2D eigenvalue weighted by atomic mass is 9.89. The second-order valence-electron chi connectivity index (χ2n) is 5.20. The van der Waals surface area contributed by atoms with E-state index in [-0.39, 0.29) is 12.0 Å². The van der Waals surface area contributed by atoms with Gasteiger partial charge in [-0.1, -0.05) is 19.3 Å². The highest BCUT2D eigenvalue weighted by atomic mass is 32.1. The zero-order valence-corrected chi connectivity index (χ0v) is 11.2. The number of H-pyrrole nitrogens is 1. The summed E-state index contributed by atoms with van der Waals surface area (Å²) in [5.41, 5.74) is 9.03. The highest BCUT2D eigenvalue weighted by Crippen LogP contribution is 2.28. The van der Waals surface area contributed by atoms with E-state index in [4.69, 9.17) is 11.1 Å². The highest BCUT2D eigenvalue weighted by molar-refractivity contribution is 7.17. The minimum atomic E-state index is 0.154. The van der Waals surface area contributed by atoms with Gasteiger partial charge in [0.15, 0.2) is 0 Å². The standard InChI is InChI=1S/C14H19N3S/c15-10-5-3-1-2-4-9(10)14(16)12-8-13-11(17-12)6-7-18-13/h6-10,16-17H,1-5,15H2. The Labute approximate surface area is 111 Å².